The smallest absolute Gasteiger partial charge is 0.276 e. The highest BCUT2D eigenvalue weighted by molar-refractivity contribution is 7.10. The van der Waals surface area contributed by atoms with Crippen LogP contribution in [-0.2, 0) is 0 Å². The number of carbonyl (C=O) groups excluding carboxylic acids is 1. The maximum atomic E-state index is 12.0. The lowest BCUT2D eigenvalue weighted by Crippen LogP contribution is -2.14. The number of hydrogen-bond acceptors (Lipinski definition) is 6. The molecule has 6 nitrogen and oxygen atoms in total. The lowest BCUT2D eigenvalue weighted by molar-refractivity contribution is 0.102. The van der Waals surface area contributed by atoms with E-state index in [1.807, 2.05) is 0 Å². The van der Waals surface area contributed by atoms with Gasteiger partial charge in [0.25, 0.3) is 5.91 Å². The van der Waals surface area contributed by atoms with Gasteiger partial charge in [-0.1, -0.05) is 16.3 Å². The number of aliphatic hydroxyl groups is 1. The molecular weight excluding hydrogens is 264 g/mol. The van der Waals surface area contributed by atoms with E-state index in [4.69, 9.17) is 5.11 Å². The Labute approximate surface area is 113 Å². The van der Waals surface area contributed by atoms with Crippen LogP contribution in [-0.4, -0.2) is 32.2 Å². The Balaban J connectivity index is 2.20. The third kappa shape index (κ3) is 3.58. The van der Waals surface area contributed by atoms with Crippen molar-refractivity contribution in [2.45, 2.75) is 6.42 Å². The highest BCUT2D eigenvalue weighted by atomic mass is 32.1. The minimum absolute atomic E-state index is 0.0126. The van der Waals surface area contributed by atoms with Crippen LogP contribution in [0.25, 0.3) is 0 Å². The van der Waals surface area contributed by atoms with E-state index in [1.54, 1.807) is 12.1 Å². The molecule has 0 aliphatic heterocycles. The van der Waals surface area contributed by atoms with Crippen LogP contribution in [0.5, 0.6) is 0 Å². The van der Waals surface area contributed by atoms with Gasteiger partial charge in [0.1, 0.15) is 10.7 Å². The zero-order valence-electron chi connectivity index (χ0n) is 9.83. The molecule has 7 heteroatoms. The Morgan fingerprint density at radius 1 is 1.53 bits per heavy atom. The van der Waals surface area contributed by atoms with Crippen LogP contribution < -0.4 is 5.32 Å². The first-order valence-electron chi connectivity index (χ1n) is 5.44. The van der Waals surface area contributed by atoms with E-state index in [9.17, 15) is 4.79 Å². The molecule has 2 aromatic rings. The molecule has 0 saturated carbocycles. The van der Waals surface area contributed by atoms with Crippen LogP contribution >= 0.6 is 11.5 Å². The maximum Gasteiger partial charge on any atom is 0.276 e. The van der Waals surface area contributed by atoms with Crippen molar-refractivity contribution in [1.29, 1.82) is 0 Å². The van der Waals surface area contributed by atoms with E-state index < -0.39 is 0 Å². The van der Waals surface area contributed by atoms with E-state index in [0.29, 0.717) is 17.0 Å². The predicted molar refractivity (Wildman–Crippen MR) is 70.7 cm³/mol. The van der Waals surface area contributed by atoms with Crippen LogP contribution in [0.15, 0.2) is 24.5 Å². The summed E-state index contributed by atoms with van der Waals surface area (Å²) >= 11 is 1.08. The normalized spacial score (nSPS) is 9.53. The van der Waals surface area contributed by atoms with Gasteiger partial charge in [0.2, 0.25) is 0 Å². The van der Waals surface area contributed by atoms with Gasteiger partial charge in [0, 0.05) is 24.2 Å². The summed E-state index contributed by atoms with van der Waals surface area (Å²) in [6, 6.07) is 3.41. The standard InChI is InChI=1S/C12H10N4O2S/c17-7-2-1-4-9-5-3-6-13-11(9)12(18)15-10-8-14-16-19-10/h3,5-6,8,17H,2,7H2,(H,15,18). The van der Waals surface area contributed by atoms with Crippen molar-refractivity contribution in [2.24, 2.45) is 0 Å². The van der Waals surface area contributed by atoms with Gasteiger partial charge in [0.05, 0.1) is 18.4 Å². The summed E-state index contributed by atoms with van der Waals surface area (Å²) in [5, 5.41) is 15.5. The van der Waals surface area contributed by atoms with Crippen LogP contribution in [0.1, 0.15) is 22.5 Å². The number of amides is 1. The first kappa shape index (κ1) is 13.1. The minimum Gasteiger partial charge on any atom is -0.395 e. The van der Waals surface area contributed by atoms with Gasteiger partial charge in [-0.15, -0.1) is 5.10 Å². The fourth-order valence-electron chi connectivity index (χ4n) is 1.29. The zero-order valence-corrected chi connectivity index (χ0v) is 10.6. The van der Waals surface area contributed by atoms with Crippen LogP contribution in [0.3, 0.4) is 0 Å². The summed E-state index contributed by atoms with van der Waals surface area (Å²) < 4.78 is 3.65. The molecule has 1 amide bonds. The molecule has 0 spiro atoms. The second-order valence-electron chi connectivity index (χ2n) is 3.41. The Bertz CT molecular complexity index is 616. The molecular formula is C12H10N4O2S. The van der Waals surface area contributed by atoms with Gasteiger partial charge in [0.15, 0.2) is 0 Å². The molecule has 96 valence electrons. The Morgan fingerprint density at radius 3 is 3.16 bits per heavy atom. The third-order valence-electron chi connectivity index (χ3n) is 2.08. The molecule has 0 atom stereocenters. The number of rotatable bonds is 3. The zero-order chi connectivity index (χ0) is 13.5. The second-order valence-corrected chi connectivity index (χ2v) is 4.20. The molecule has 2 aromatic heterocycles. The quantitative estimate of drug-likeness (QED) is 0.813. The molecule has 2 N–H and O–H groups in total. The SMILES string of the molecule is O=C(Nc1cnns1)c1ncccc1C#CCCO. The topological polar surface area (TPSA) is 88.0 Å². The Hall–Kier alpha value is -2.30. The maximum absolute atomic E-state index is 12.0. The number of aromatic nitrogens is 3. The third-order valence-corrected chi connectivity index (χ3v) is 2.66. The monoisotopic (exact) mass is 274 g/mol. The van der Waals surface area contributed by atoms with E-state index in [-0.39, 0.29) is 18.2 Å². The number of hydrogen-bond donors (Lipinski definition) is 2. The van der Waals surface area contributed by atoms with Gasteiger partial charge >= 0.3 is 0 Å². The summed E-state index contributed by atoms with van der Waals surface area (Å²) in [5.41, 5.74) is 0.757. The first-order valence-corrected chi connectivity index (χ1v) is 6.22. The highest BCUT2D eigenvalue weighted by Gasteiger charge is 2.12. The lowest BCUT2D eigenvalue weighted by Gasteiger charge is -2.02. The average Bonchev–Trinajstić information content (AvgIpc) is 2.92. The summed E-state index contributed by atoms with van der Waals surface area (Å²) in [6.07, 6.45) is 3.34. The largest absolute Gasteiger partial charge is 0.395 e. The number of anilines is 1. The van der Waals surface area contributed by atoms with Gasteiger partial charge in [-0.25, -0.2) is 4.98 Å². The van der Waals surface area contributed by atoms with Crippen LogP contribution in [0.4, 0.5) is 5.00 Å². The predicted octanol–water partition coefficient (Wildman–Crippen LogP) is 0.919. The lowest BCUT2D eigenvalue weighted by atomic mass is 10.2. The van der Waals surface area contributed by atoms with Crippen LogP contribution in [0, 0.1) is 11.8 Å². The van der Waals surface area contributed by atoms with Crippen molar-refractivity contribution in [1.82, 2.24) is 14.6 Å². The number of aliphatic hydroxyl groups excluding tert-OH is 1. The number of nitrogens with one attached hydrogen (secondary N) is 1. The molecule has 0 saturated heterocycles. The molecule has 2 rings (SSSR count). The molecule has 0 aromatic carbocycles. The second kappa shape index (κ2) is 6.58. The van der Waals surface area contributed by atoms with Gasteiger partial charge in [-0.05, 0) is 12.1 Å². The highest BCUT2D eigenvalue weighted by Crippen LogP contribution is 2.12. The van der Waals surface area contributed by atoms with Crippen molar-refractivity contribution in [2.75, 3.05) is 11.9 Å². The molecule has 19 heavy (non-hydrogen) atoms. The number of nitrogens with zero attached hydrogens (tertiary/aromatic N) is 3. The van der Waals surface area contributed by atoms with E-state index in [2.05, 4.69) is 31.7 Å². The first-order chi connectivity index (χ1) is 9.31. The van der Waals surface area contributed by atoms with E-state index in [1.165, 1.54) is 12.4 Å². The van der Waals surface area contributed by atoms with Gasteiger partial charge in [-0.3, -0.25) is 4.79 Å². The minimum atomic E-state index is -0.361. The Kier molecular flexibility index (Phi) is 4.55. The van der Waals surface area contributed by atoms with Gasteiger partial charge < -0.3 is 10.4 Å². The summed E-state index contributed by atoms with van der Waals surface area (Å²) in [5.74, 6) is 5.22. The van der Waals surface area contributed by atoms with E-state index in [0.717, 1.165) is 11.5 Å². The number of pyridine rings is 1. The van der Waals surface area contributed by atoms with Crippen molar-refractivity contribution >= 4 is 22.4 Å². The summed E-state index contributed by atoms with van der Waals surface area (Å²) in [6.45, 7) is -0.0126. The van der Waals surface area contributed by atoms with E-state index >= 15 is 0 Å². The molecule has 0 unspecified atom stereocenters. The molecule has 0 fully saturated rings. The fraction of sp³-hybridized carbons (Fsp3) is 0.167. The summed E-state index contributed by atoms with van der Waals surface area (Å²) in [7, 11) is 0. The summed E-state index contributed by atoms with van der Waals surface area (Å²) in [4.78, 5) is 16.1. The van der Waals surface area contributed by atoms with Crippen LogP contribution in [0.2, 0.25) is 0 Å². The molecule has 0 bridgehead atoms. The fourth-order valence-corrected chi connectivity index (χ4v) is 1.71. The average molecular weight is 274 g/mol. The van der Waals surface area contributed by atoms with Gasteiger partial charge in [-0.2, -0.15) is 0 Å². The van der Waals surface area contributed by atoms with Crippen molar-refractivity contribution in [3.63, 3.8) is 0 Å². The molecule has 0 aliphatic carbocycles. The molecule has 0 aliphatic rings. The number of carbonyl (C=O) groups is 1. The molecule has 0 radical (unpaired) electrons. The van der Waals surface area contributed by atoms with Crippen molar-refractivity contribution in [3.05, 3.63) is 35.8 Å². The Morgan fingerprint density at radius 2 is 2.42 bits per heavy atom. The van der Waals surface area contributed by atoms with Crippen molar-refractivity contribution in [3.8, 4) is 11.8 Å². The molecule has 2 heterocycles. The van der Waals surface area contributed by atoms with Crippen molar-refractivity contribution < 1.29 is 9.90 Å².